The summed E-state index contributed by atoms with van der Waals surface area (Å²) in [5.74, 6) is 1.35. The molecule has 1 unspecified atom stereocenters. The van der Waals surface area contributed by atoms with Crippen LogP contribution in [0.25, 0.3) is 22.3 Å². The number of rotatable bonds is 6. The number of fused-ring (bicyclic) bond motifs is 7. The van der Waals surface area contributed by atoms with Crippen LogP contribution < -0.4 is 31.1 Å². The lowest BCUT2D eigenvalue weighted by Crippen LogP contribution is -2.62. The van der Waals surface area contributed by atoms with Crippen LogP contribution in [0.5, 0.6) is 0 Å². The van der Waals surface area contributed by atoms with E-state index in [1.54, 1.807) is 5.57 Å². The molecular weight excluding hydrogens is 898 g/mol. The highest BCUT2D eigenvalue weighted by molar-refractivity contribution is 7.00. The second-order valence-corrected chi connectivity index (χ2v) is 25.3. The number of para-hydroxylation sites is 3. The van der Waals surface area contributed by atoms with Crippen LogP contribution in [0.4, 0.5) is 45.5 Å². The van der Waals surface area contributed by atoms with Crippen molar-refractivity contribution in [3.63, 3.8) is 0 Å². The molecule has 1 atom stereocenters. The Hall–Kier alpha value is -6.98. The first kappa shape index (κ1) is 46.8. The SMILES string of the molecule is Cc1cc2c3c(c1)N(c1c(C)cccc1C)c1cc(N(c4ccccc4)c4ccc(-c5cc6ccccc6o5)cc4)ccc1B3c1cc3c(cc1N2C1=CC=C2C(C1)C(C)(C)CCC2(C)C)C(C)(C)CCC3(C)C. The van der Waals surface area contributed by atoms with Crippen molar-refractivity contribution in [2.45, 2.75) is 119 Å². The molecule has 0 saturated heterocycles. The van der Waals surface area contributed by atoms with Crippen molar-refractivity contribution in [2.75, 3.05) is 14.7 Å². The monoisotopic (exact) mass is 968 g/mol. The van der Waals surface area contributed by atoms with Crippen LogP contribution in [0.15, 0.2) is 173 Å². The third-order valence-corrected chi connectivity index (χ3v) is 18.6. The fourth-order valence-corrected chi connectivity index (χ4v) is 14.2. The normalized spacial score (nSPS) is 19.4. The first-order valence-corrected chi connectivity index (χ1v) is 27.4. The van der Waals surface area contributed by atoms with E-state index in [0.29, 0.717) is 5.92 Å². The Labute approximate surface area is 440 Å². The summed E-state index contributed by atoms with van der Waals surface area (Å²) in [4.78, 5) is 7.83. The van der Waals surface area contributed by atoms with Gasteiger partial charge < -0.3 is 19.1 Å². The molecule has 7 aromatic carbocycles. The van der Waals surface area contributed by atoms with Gasteiger partial charge in [0.05, 0.1) is 5.69 Å². The van der Waals surface area contributed by atoms with Crippen molar-refractivity contribution in [3.8, 4) is 11.3 Å². The van der Waals surface area contributed by atoms with Crippen molar-refractivity contribution >= 4 is 79.6 Å². The standard InChI is InChI=1S/C69H70BN3O/c1-43-36-60-64-61(37-43)73(65-44(2)18-17-19-45(65)3)58-40-51(71(48-21-13-12-14-22-48)49-26-24-46(25-27-49)63-38-47-20-15-16-23-62(47)74-63)29-31-56(58)70(64)57-41-54-55(69(10,11)35-34-68(54,8)9)42-59(57)72(60)50-28-30-52-53(39-50)67(6,7)33-32-66(52,4)5/h12-31,36-38,40-42,53H,32-35,39H2,1-11H3. The minimum Gasteiger partial charge on any atom is -0.456 e. The summed E-state index contributed by atoms with van der Waals surface area (Å²) in [5.41, 5.74) is 26.2. The van der Waals surface area contributed by atoms with Gasteiger partial charge in [0, 0.05) is 56.5 Å². The highest BCUT2D eigenvalue weighted by atomic mass is 16.3. The lowest BCUT2D eigenvalue weighted by atomic mass is 9.33. The lowest BCUT2D eigenvalue weighted by molar-refractivity contribution is 0.121. The maximum atomic E-state index is 6.36. The Morgan fingerprint density at radius 2 is 1.15 bits per heavy atom. The summed E-state index contributed by atoms with van der Waals surface area (Å²) in [5, 5.41) is 1.11. The van der Waals surface area contributed by atoms with Crippen molar-refractivity contribution < 1.29 is 4.42 Å². The minimum atomic E-state index is 0.0104. The zero-order valence-electron chi connectivity index (χ0n) is 45.5. The van der Waals surface area contributed by atoms with E-state index in [0.717, 1.165) is 45.8 Å². The first-order chi connectivity index (χ1) is 35.4. The molecule has 1 fully saturated rings. The topological polar surface area (TPSA) is 22.9 Å². The van der Waals surface area contributed by atoms with Gasteiger partial charge in [0.2, 0.25) is 0 Å². The van der Waals surface area contributed by atoms with Gasteiger partial charge in [0.1, 0.15) is 11.3 Å². The second kappa shape index (κ2) is 16.5. The summed E-state index contributed by atoms with van der Waals surface area (Å²) in [6.45, 7) is 26.9. The third-order valence-electron chi connectivity index (χ3n) is 18.6. The van der Waals surface area contributed by atoms with Crippen LogP contribution in [0, 0.1) is 37.5 Å². The highest BCUT2D eigenvalue weighted by Crippen LogP contribution is 2.58. The van der Waals surface area contributed by atoms with E-state index in [9.17, 15) is 0 Å². The van der Waals surface area contributed by atoms with E-state index in [1.807, 2.05) is 12.1 Å². The smallest absolute Gasteiger partial charge is 0.252 e. The molecule has 74 heavy (non-hydrogen) atoms. The molecule has 0 radical (unpaired) electrons. The van der Waals surface area contributed by atoms with E-state index in [1.165, 1.54) is 104 Å². The molecule has 13 rings (SSSR count). The average Bonchev–Trinajstić information content (AvgIpc) is 3.82. The number of hydrogen-bond donors (Lipinski definition) is 0. The average molecular weight is 968 g/mol. The first-order valence-electron chi connectivity index (χ1n) is 27.4. The van der Waals surface area contributed by atoms with Crippen molar-refractivity contribution in [1.29, 1.82) is 0 Å². The molecule has 8 aromatic rings. The number of allylic oxidation sites excluding steroid dienone is 4. The number of anilines is 8. The largest absolute Gasteiger partial charge is 0.456 e. The molecule has 1 saturated carbocycles. The van der Waals surface area contributed by atoms with Crippen molar-refractivity contribution in [3.05, 3.63) is 197 Å². The van der Waals surface area contributed by atoms with E-state index >= 15 is 0 Å². The maximum Gasteiger partial charge on any atom is 0.252 e. The van der Waals surface area contributed by atoms with Gasteiger partial charge in [-0.3, -0.25) is 0 Å². The van der Waals surface area contributed by atoms with Gasteiger partial charge in [-0.05, 0) is 210 Å². The molecule has 4 nitrogen and oxygen atoms in total. The molecule has 5 heteroatoms. The van der Waals surface area contributed by atoms with Crippen LogP contribution in [-0.4, -0.2) is 6.71 Å². The maximum absolute atomic E-state index is 6.36. The molecular formula is C69H70BN3O. The molecule has 5 aliphatic rings. The van der Waals surface area contributed by atoms with Crippen molar-refractivity contribution in [1.82, 2.24) is 0 Å². The van der Waals surface area contributed by atoms with E-state index in [2.05, 4.69) is 236 Å². The Balaban J connectivity index is 1.06. The summed E-state index contributed by atoms with van der Waals surface area (Å²) in [7, 11) is 0. The lowest BCUT2D eigenvalue weighted by Gasteiger charge is -2.52. The Bertz CT molecular complexity index is 3610. The van der Waals surface area contributed by atoms with Gasteiger partial charge in [-0.25, -0.2) is 0 Å². The minimum absolute atomic E-state index is 0.0104. The van der Waals surface area contributed by atoms with Crippen LogP contribution in [-0.2, 0) is 10.8 Å². The quantitative estimate of drug-likeness (QED) is 0.155. The van der Waals surface area contributed by atoms with Gasteiger partial charge in [-0.15, -0.1) is 0 Å². The van der Waals surface area contributed by atoms with Gasteiger partial charge >= 0.3 is 0 Å². The van der Waals surface area contributed by atoms with E-state index < -0.39 is 0 Å². The van der Waals surface area contributed by atoms with Gasteiger partial charge in [-0.1, -0.05) is 134 Å². The Kier molecular flexibility index (Phi) is 10.4. The van der Waals surface area contributed by atoms with E-state index in [4.69, 9.17) is 4.42 Å². The molecule has 0 N–H and O–H groups in total. The number of furan rings is 1. The van der Waals surface area contributed by atoms with Crippen LogP contribution in [0.1, 0.15) is 115 Å². The molecule has 0 bridgehead atoms. The molecule has 0 amide bonds. The zero-order valence-corrected chi connectivity index (χ0v) is 45.5. The van der Waals surface area contributed by atoms with Crippen LogP contribution in [0.2, 0.25) is 0 Å². The predicted molar refractivity (Wildman–Crippen MR) is 315 cm³/mol. The number of benzene rings is 7. The Morgan fingerprint density at radius 1 is 0.527 bits per heavy atom. The van der Waals surface area contributed by atoms with E-state index in [-0.39, 0.29) is 28.4 Å². The van der Waals surface area contributed by atoms with Crippen molar-refractivity contribution in [2.24, 2.45) is 16.7 Å². The number of hydrogen-bond acceptors (Lipinski definition) is 4. The third kappa shape index (κ3) is 7.23. The van der Waals surface area contributed by atoms with Gasteiger partial charge in [0.15, 0.2) is 0 Å². The number of nitrogens with zero attached hydrogens (tertiary/aromatic N) is 3. The highest BCUT2D eigenvalue weighted by Gasteiger charge is 2.50. The van der Waals surface area contributed by atoms with Gasteiger partial charge in [-0.2, -0.15) is 0 Å². The molecule has 1 aromatic heterocycles. The zero-order chi connectivity index (χ0) is 51.2. The molecule has 2 aliphatic heterocycles. The summed E-state index contributed by atoms with van der Waals surface area (Å²) >= 11 is 0. The molecule has 3 heterocycles. The summed E-state index contributed by atoms with van der Waals surface area (Å²) in [6, 6.07) is 54.7. The predicted octanol–water partition coefficient (Wildman–Crippen LogP) is 17.3. The van der Waals surface area contributed by atoms with Crippen LogP contribution in [0.3, 0.4) is 0 Å². The molecule has 3 aliphatic carbocycles. The van der Waals surface area contributed by atoms with Gasteiger partial charge in [0.25, 0.3) is 6.71 Å². The fraction of sp³-hybridized carbons (Fsp3) is 0.304. The Morgan fingerprint density at radius 3 is 1.86 bits per heavy atom. The van der Waals surface area contributed by atoms with Crippen LogP contribution >= 0.6 is 0 Å². The summed E-state index contributed by atoms with van der Waals surface area (Å²) < 4.78 is 6.36. The fourth-order valence-electron chi connectivity index (χ4n) is 14.2. The molecule has 0 spiro atoms. The summed E-state index contributed by atoms with van der Waals surface area (Å²) in [6.07, 6.45) is 10.9. The second-order valence-electron chi connectivity index (χ2n) is 25.3. The molecule has 370 valence electrons. The number of aryl methyl sites for hydroxylation is 3.